The molecule has 98 valence electrons. The van der Waals surface area contributed by atoms with Crippen molar-refractivity contribution in [2.75, 3.05) is 16.8 Å². The molecular weight excluding hydrogens is 240 g/mol. The van der Waals surface area contributed by atoms with Crippen LogP contribution in [0.2, 0.25) is 0 Å². The summed E-state index contributed by atoms with van der Waals surface area (Å²) in [5.74, 6) is 0.215. The molecule has 2 heterocycles. The van der Waals surface area contributed by atoms with Crippen LogP contribution >= 0.6 is 0 Å². The minimum atomic E-state index is 0.215. The fourth-order valence-electron chi connectivity index (χ4n) is 2.30. The molecule has 0 saturated carbocycles. The van der Waals surface area contributed by atoms with E-state index in [4.69, 9.17) is 4.42 Å². The first kappa shape index (κ1) is 11.8. The minimum Gasteiger partial charge on any atom is -0.472 e. The normalized spacial score (nSPS) is 14.9. The number of anilines is 2. The van der Waals surface area contributed by atoms with E-state index in [0.717, 1.165) is 29.9 Å². The first-order chi connectivity index (χ1) is 9.33. The fraction of sp³-hybridized carbons (Fsp3) is 0.267. The van der Waals surface area contributed by atoms with E-state index in [9.17, 15) is 4.79 Å². The first-order valence-electron chi connectivity index (χ1n) is 6.48. The Hall–Kier alpha value is -2.23. The van der Waals surface area contributed by atoms with Crippen molar-refractivity contribution in [1.82, 2.24) is 0 Å². The number of hydrogen-bond acceptors (Lipinski definition) is 3. The minimum absolute atomic E-state index is 0.215. The highest BCUT2D eigenvalue weighted by Crippen LogP contribution is 2.24. The summed E-state index contributed by atoms with van der Waals surface area (Å²) in [4.78, 5) is 13.6. The Morgan fingerprint density at radius 2 is 2.26 bits per heavy atom. The van der Waals surface area contributed by atoms with Crippen LogP contribution in [0.15, 0.2) is 47.3 Å². The van der Waals surface area contributed by atoms with Crippen molar-refractivity contribution in [1.29, 1.82) is 0 Å². The molecule has 0 radical (unpaired) electrons. The lowest BCUT2D eigenvalue weighted by Crippen LogP contribution is -2.23. The van der Waals surface area contributed by atoms with E-state index in [-0.39, 0.29) is 5.91 Å². The lowest BCUT2D eigenvalue weighted by atomic mass is 10.2. The molecule has 1 N–H and O–H groups in total. The van der Waals surface area contributed by atoms with E-state index in [2.05, 4.69) is 5.32 Å². The van der Waals surface area contributed by atoms with E-state index in [1.54, 1.807) is 12.5 Å². The van der Waals surface area contributed by atoms with Crippen LogP contribution in [0.1, 0.15) is 18.4 Å². The first-order valence-corrected chi connectivity index (χ1v) is 6.48. The van der Waals surface area contributed by atoms with Gasteiger partial charge in [0.15, 0.2) is 0 Å². The molecule has 4 heteroatoms. The van der Waals surface area contributed by atoms with E-state index < -0.39 is 0 Å². The topological polar surface area (TPSA) is 45.5 Å². The van der Waals surface area contributed by atoms with Gasteiger partial charge in [0.05, 0.1) is 12.5 Å². The number of hydrogen-bond donors (Lipinski definition) is 1. The monoisotopic (exact) mass is 256 g/mol. The number of nitrogens with zero attached hydrogens (tertiary/aromatic N) is 1. The van der Waals surface area contributed by atoms with Crippen LogP contribution in [-0.2, 0) is 11.3 Å². The largest absolute Gasteiger partial charge is 0.472 e. The Bertz CT molecular complexity index is 563. The predicted octanol–water partition coefficient (Wildman–Crippen LogP) is 3.02. The van der Waals surface area contributed by atoms with Crippen molar-refractivity contribution >= 4 is 17.3 Å². The van der Waals surface area contributed by atoms with Crippen molar-refractivity contribution in [2.24, 2.45) is 0 Å². The van der Waals surface area contributed by atoms with Crippen LogP contribution in [0, 0.1) is 0 Å². The standard InChI is InChI=1S/C15H16N2O2/c18-15-5-2-7-17(15)14-4-1-3-13(9-14)16-10-12-6-8-19-11-12/h1,3-4,6,8-9,11,16H,2,5,7,10H2. The zero-order valence-corrected chi connectivity index (χ0v) is 10.6. The molecule has 1 aromatic heterocycles. The van der Waals surface area contributed by atoms with Crippen LogP contribution in [0.4, 0.5) is 11.4 Å². The second-order valence-corrected chi connectivity index (χ2v) is 4.68. The summed E-state index contributed by atoms with van der Waals surface area (Å²) < 4.78 is 5.03. The quantitative estimate of drug-likeness (QED) is 0.914. The van der Waals surface area contributed by atoms with E-state index in [1.807, 2.05) is 35.2 Å². The van der Waals surface area contributed by atoms with Gasteiger partial charge in [-0.3, -0.25) is 4.79 Å². The Morgan fingerprint density at radius 3 is 3.00 bits per heavy atom. The van der Waals surface area contributed by atoms with Crippen LogP contribution in [-0.4, -0.2) is 12.5 Å². The maximum atomic E-state index is 11.7. The van der Waals surface area contributed by atoms with Gasteiger partial charge in [0.1, 0.15) is 0 Å². The second-order valence-electron chi connectivity index (χ2n) is 4.68. The van der Waals surface area contributed by atoms with Crippen molar-refractivity contribution in [2.45, 2.75) is 19.4 Å². The number of amides is 1. The molecule has 0 aliphatic carbocycles. The molecule has 1 amide bonds. The van der Waals surface area contributed by atoms with Gasteiger partial charge in [-0.15, -0.1) is 0 Å². The summed E-state index contributed by atoms with van der Waals surface area (Å²) in [6.45, 7) is 1.54. The third-order valence-electron chi connectivity index (χ3n) is 3.31. The van der Waals surface area contributed by atoms with Crippen molar-refractivity contribution in [3.05, 3.63) is 48.4 Å². The van der Waals surface area contributed by atoms with Gasteiger partial charge < -0.3 is 14.6 Å². The molecule has 1 saturated heterocycles. The van der Waals surface area contributed by atoms with Gasteiger partial charge in [0, 0.05) is 36.4 Å². The highest BCUT2D eigenvalue weighted by Gasteiger charge is 2.21. The lowest BCUT2D eigenvalue weighted by molar-refractivity contribution is -0.117. The highest BCUT2D eigenvalue weighted by atomic mass is 16.3. The molecule has 1 fully saturated rings. The molecule has 4 nitrogen and oxygen atoms in total. The third kappa shape index (κ3) is 2.62. The smallest absolute Gasteiger partial charge is 0.227 e. The van der Waals surface area contributed by atoms with Crippen molar-refractivity contribution in [3.8, 4) is 0 Å². The average Bonchev–Trinajstić information content (AvgIpc) is 3.08. The number of rotatable bonds is 4. The summed E-state index contributed by atoms with van der Waals surface area (Å²) in [6.07, 6.45) is 5.00. The van der Waals surface area contributed by atoms with Crippen LogP contribution in [0.25, 0.3) is 0 Å². The maximum Gasteiger partial charge on any atom is 0.227 e. The molecule has 0 bridgehead atoms. The van der Waals surface area contributed by atoms with E-state index in [0.29, 0.717) is 13.0 Å². The number of carbonyl (C=O) groups is 1. The molecule has 3 rings (SSSR count). The Balaban J connectivity index is 1.71. The Kier molecular flexibility index (Phi) is 3.23. The second kappa shape index (κ2) is 5.18. The summed E-state index contributed by atoms with van der Waals surface area (Å²) >= 11 is 0. The van der Waals surface area contributed by atoms with Gasteiger partial charge in [0.2, 0.25) is 5.91 Å². The maximum absolute atomic E-state index is 11.7. The molecule has 2 aromatic rings. The molecular formula is C15H16N2O2. The van der Waals surface area contributed by atoms with Gasteiger partial charge in [-0.05, 0) is 30.7 Å². The van der Waals surface area contributed by atoms with Crippen molar-refractivity contribution < 1.29 is 9.21 Å². The van der Waals surface area contributed by atoms with Crippen LogP contribution in [0.3, 0.4) is 0 Å². The van der Waals surface area contributed by atoms with Gasteiger partial charge >= 0.3 is 0 Å². The third-order valence-corrected chi connectivity index (χ3v) is 3.31. The molecule has 1 aliphatic rings. The van der Waals surface area contributed by atoms with Gasteiger partial charge in [-0.25, -0.2) is 0 Å². The molecule has 0 atom stereocenters. The van der Waals surface area contributed by atoms with Gasteiger partial charge in [0.25, 0.3) is 0 Å². The molecule has 1 aromatic carbocycles. The SMILES string of the molecule is O=C1CCCN1c1cccc(NCc2ccoc2)c1. The summed E-state index contributed by atoms with van der Waals surface area (Å²) in [6, 6.07) is 9.90. The van der Waals surface area contributed by atoms with Gasteiger partial charge in [-0.2, -0.15) is 0 Å². The fourth-order valence-corrected chi connectivity index (χ4v) is 2.30. The Labute approximate surface area is 112 Å². The molecule has 19 heavy (non-hydrogen) atoms. The van der Waals surface area contributed by atoms with Gasteiger partial charge in [-0.1, -0.05) is 6.07 Å². The molecule has 1 aliphatic heterocycles. The number of carbonyl (C=O) groups excluding carboxylic acids is 1. The summed E-state index contributed by atoms with van der Waals surface area (Å²) in [5.41, 5.74) is 3.08. The zero-order chi connectivity index (χ0) is 13.1. The Morgan fingerprint density at radius 1 is 1.32 bits per heavy atom. The molecule has 0 unspecified atom stereocenters. The predicted molar refractivity (Wildman–Crippen MR) is 74.1 cm³/mol. The van der Waals surface area contributed by atoms with Crippen LogP contribution in [0.5, 0.6) is 0 Å². The number of furan rings is 1. The summed E-state index contributed by atoms with van der Waals surface area (Å²) in [7, 11) is 0. The summed E-state index contributed by atoms with van der Waals surface area (Å²) in [5, 5.41) is 3.33. The molecule has 0 spiro atoms. The lowest BCUT2D eigenvalue weighted by Gasteiger charge is -2.17. The van der Waals surface area contributed by atoms with Crippen LogP contribution < -0.4 is 10.2 Å². The number of nitrogens with one attached hydrogen (secondary N) is 1. The van der Waals surface area contributed by atoms with E-state index >= 15 is 0 Å². The highest BCUT2D eigenvalue weighted by molar-refractivity contribution is 5.95. The van der Waals surface area contributed by atoms with Crippen molar-refractivity contribution in [3.63, 3.8) is 0 Å². The zero-order valence-electron chi connectivity index (χ0n) is 10.6. The van der Waals surface area contributed by atoms with E-state index in [1.165, 1.54) is 0 Å². The average molecular weight is 256 g/mol. The number of benzene rings is 1.